The number of hydrogen-bond donors (Lipinski definition) is 1. The molecule has 6 heteroatoms. The zero-order valence-electron chi connectivity index (χ0n) is 9.55. The highest BCUT2D eigenvalue weighted by atomic mass is 16.2. The Hall–Kier alpha value is -2.16. The Bertz CT molecular complexity index is 467. The lowest BCUT2D eigenvalue weighted by molar-refractivity contribution is -0.132. The van der Waals surface area contributed by atoms with Crippen molar-refractivity contribution >= 4 is 11.7 Å². The summed E-state index contributed by atoms with van der Waals surface area (Å²) in [5, 5.41) is 19.7. The fourth-order valence-corrected chi connectivity index (χ4v) is 1.85. The van der Waals surface area contributed by atoms with Crippen LogP contribution >= 0.6 is 0 Å². The number of amides is 1. The van der Waals surface area contributed by atoms with Crippen LogP contribution in [0, 0.1) is 11.3 Å². The quantitative estimate of drug-likeness (QED) is 0.795. The van der Waals surface area contributed by atoms with Crippen LogP contribution in [0.25, 0.3) is 0 Å². The van der Waals surface area contributed by atoms with Crippen molar-refractivity contribution in [3.63, 3.8) is 0 Å². The predicted octanol–water partition coefficient (Wildman–Crippen LogP) is 0.381. The summed E-state index contributed by atoms with van der Waals surface area (Å²) in [6, 6.07) is 3.80. The first kappa shape index (κ1) is 11.3. The third-order valence-corrected chi connectivity index (χ3v) is 2.81. The average molecular weight is 231 g/mol. The largest absolute Gasteiger partial charge is 0.363 e. The number of nitriles is 1. The van der Waals surface area contributed by atoms with Gasteiger partial charge in [-0.15, -0.1) is 5.10 Å². The zero-order chi connectivity index (χ0) is 12.3. The summed E-state index contributed by atoms with van der Waals surface area (Å²) in [5.74, 6) is 0.644. The number of hydrogen-bond acceptors (Lipinski definition) is 5. The second-order valence-electron chi connectivity index (χ2n) is 4.06. The number of likely N-dealkylation sites (N-methyl/N-ethyl adjacent to an activating group) is 1. The van der Waals surface area contributed by atoms with Crippen molar-refractivity contribution in [1.82, 2.24) is 15.1 Å². The maximum atomic E-state index is 11.3. The van der Waals surface area contributed by atoms with E-state index in [2.05, 4.69) is 21.6 Å². The van der Waals surface area contributed by atoms with Gasteiger partial charge in [0.15, 0.2) is 5.82 Å². The summed E-state index contributed by atoms with van der Waals surface area (Å²) in [4.78, 5) is 13.0. The Labute approximate surface area is 99.3 Å². The van der Waals surface area contributed by atoms with E-state index in [1.165, 1.54) is 6.20 Å². The van der Waals surface area contributed by atoms with Crippen molar-refractivity contribution in [2.75, 3.05) is 18.9 Å². The van der Waals surface area contributed by atoms with Gasteiger partial charge in [0.1, 0.15) is 6.07 Å². The molecule has 0 aromatic carbocycles. The highest BCUT2D eigenvalue weighted by Crippen LogP contribution is 2.16. The molecule has 88 valence electrons. The third-order valence-electron chi connectivity index (χ3n) is 2.81. The molecule has 1 aromatic rings. The number of aromatic nitrogens is 2. The molecular formula is C11H13N5O. The van der Waals surface area contributed by atoms with Crippen LogP contribution in [0.1, 0.15) is 18.4 Å². The van der Waals surface area contributed by atoms with Gasteiger partial charge in [-0.1, -0.05) is 0 Å². The standard InChI is InChI=1S/C11H13N5O/c1-16-7-9(2-3-10(16)17)14-11-8(6-12)4-5-13-15-11/h4-5,9H,2-3,7H2,1H3,(H,14,15). The molecule has 1 atom stereocenters. The van der Waals surface area contributed by atoms with Gasteiger partial charge in [-0.3, -0.25) is 4.79 Å². The molecule has 2 rings (SSSR count). The van der Waals surface area contributed by atoms with Gasteiger partial charge >= 0.3 is 0 Å². The number of anilines is 1. The minimum Gasteiger partial charge on any atom is -0.363 e. The highest BCUT2D eigenvalue weighted by Gasteiger charge is 2.23. The minimum absolute atomic E-state index is 0.126. The van der Waals surface area contributed by atoms with E-state index in [9.17, 15) is 4.79 Å². The predicted molar refractivity (Wildman–Crippen MR) is 61.0 cm³/mol. The summed E-state index contributed by atoms with van der Waals surface area (Å²) in [6.07, 6.45) is 2.77. The van der Waals surface area contributed by atoms with Gasteiger partial charge in [-0.2, -0.15) is 10.4 Å². The molecule has 1 N–H and O–H groups in total. The Morgan fingerprint density at radius 3 is 3.18 bits per heavy atom. The molecule has 0 radical (unpaired) electrons. The Balaban J connectivity index is 2.07. The van der Waals surface area contributed by atoms with Crippen LogP contribution in [0.5, 0.6) is 0 Å². The lowest BCUT2D eigenvalue weighted by atomic mass is 10.1. The van der Waals surface area contributed by atoms with Crippen LogP contribution in [0.3, 0.4) is 0 Å². The summed E-state index contributed by atoms with van der Waals surface area (Å²) >= 11 is 0. The SMILES string of the molecule is CN1CC(Nc2nnccc2C#N)CCC1=O. The van der Waals surface area contributed by atoms with Crippen molar-refractivity contribution in [1.29, 1.82) is 5.26 Å². The molecule has 17 heavy (non-hydrogen) atoms. The Kier molecular flexibility index (Phi) is 3.19. The zero-order valence-corrected chi connectivity index (χ0v) is 9.55. The van der Waals surface area contributed by atoms with E-state index in [-0.39, 0.29) is 11.9 Å². The van der Waals surface area contributed by atoms with Crippen LogP contribution in [0.4, 0.5) is 5.82 Å². The minimum atomic E-state index is 0.126. The summed E-state index contributed by atoms with van der Waals surface area (Å²) in [7, 11) is 1.78. The van der Waals surface area contributed by atoms with Crippen LogP contribution in [0.15, 0.2) is 12.3 Å². The van der Waals surface area contributed by atoms with Crippen LogP contribution in [0.2, 0.25) is 0 Å². The number of likely N-dealkylation sites (tertiary alicyclic amines) is 1. The Morgan fingerprint density at radius 2 is 2.47 bits per heavy atom. The number of piperidine rings is 1. The summed E-state index contributed by atoms with van der Waals surface area (Å²) < 4.78 is 0. The monoisotopic (exact) mass is 231 g/mol. The molecule has 0 spiro atoms. The molecule has 1 aliphatic rings. The number of carbonyl (C=O) groups is 1. The van der Waals surface area contributed by atoms with Crippen molar-refractivity contribution in [3.05, 3.63) is 17.8 Å². The van der Waals surface area contributed by atoms with Crippen LogP contribution in [-0.2, 0) is 4.79 Å². The van der Waals surface area contributed by atoms with Gasteiger partial charge in [-0.25, -0.2) is 0 Å². The van der Waals surface area contributed by atoms with Crippen molar-refractivity contribution < 1.29 is 4.79 Å². The third kappa shape index (κ3) is 2.50. The van der Waals surface area contributed by atoms with E-state index < -0.39 is 0 Å². The smallest absolute Gasteiger partial charge is 0.222 e. The lowest BCUT2D eigenvalue weighted by Crippen LogP contribution is -2.43. The molecule has 1 aliphatic heterocycles. The molecule has 1 unspecified atom stereocenters. The van der Waals surface area contributed by atoms with Crippen LogP contribution < -0.4 is 5.32 Å². The van der Waals surface area contributed by atoms with E-state index >= 15 is 0 Å². The fraction of sp³-hybridized carbons (Fsp3) is 0.455. The highest BCUT2D eigenvalue weighted by molar-refractivity contribution is 5.77. The van der Waals surface area contributed by atoms with Gasteiger partial charge in [0.2, 0.25) is 5.91 Å². The number of carbonyl (C=O) groups excluding carboxylic acids is 1. The molecule has 1 fully saturated rings. The van der Waals surface area contributed by atoms with E-state index in [1.54, 1.807) is 18.0 Å². The average Bonchev–Trinajstić information content (AvgIpc) is 2.34. The van der Waals surface area contributed by atoms with Gasteiger partial charge in [-0.05, 0) is 12.5 Å². The molecule has 2 heterocycles. The Morgan fingerprint density at radius 1 is 1.65 bits per heavy atom. The topological polar surface area (TPSA) is 81.9 Å². The second kappa shape index (κ2) is 4.78. The van der Waals surface area contributed by atoms with Crippen molar-refractivity contribution in [3.8, 4) is 6.07 Å². The van der Waals surface area contributed by atoms with Crippen molar-refractivity contribution in [2.45, 2.75) is 18.9 Å². The normalized spacial score (nSPS) is 19.9. The molecule has 1 amide bonds. The van der Waals surface area contributed by atoms with E-state index in [0.717, 1.165) is 6.42 Å². The molecule has 0 saturated carbocycles. The van der Waals surface area contributed by atoms with Gasteiger partial charge in [0.25, 0.3) is 0 Å². The lowest BCUT2D eigenvalue weighted by Gasteiger charge is -2.30. The maximum absolute atomic E-state index is 11.3. The van der Waals surface area contributed by atoms with Crippen molar-refractivity contribution in [2.24, 2.45) is 0 Å². The fourth-order valence-electron chi connectivity index (χ4n) is 1.85. The van der Waals surface area contributed by atoms with E-state index in [0.29, 0.717) is 24.3 Å². The molecule has 1 aromatic heterocycles. The van der Waals surface area contributed by atoms with E-state index in [1.807, 2.05) is 0 Å². The maximum Gasteiger partial charge on any atom is 0.222 e. The van der Waals surface area contributed by atoms with E-state index in [4.69, 9.17) is 5.26 Å². The molecular weight excluding hydrogens is 218 g/mol. The molecule has 1 saturated heterocycles. The number of nitrogens with zero attached hydrogens (tertiary/aromatic N) is 4. The molecule has 6 nitrogen and oxygen atoms in total. The number of rotatable bonds is 2. The molecule has 0 aliphatic carbocycles. The molecule has 0 bridgehead atoms. The van der Waals surface area contributed by atoms with Crippen LogP contribution in [-0.4, -0.2) is 40.6 Å². The van der Waals surface area contributed by atoms with Gasteiger partial charge in [0.05, 0.1) is 11.8 Å². The summed E-state index contributed by atoms with van der Waals surface area (Å²) in [5.41, 5.74) is 0.472. The first-order valence-corrected chi connectivity index (χ1v) is 5.43. The summed E-state index contributed by atoms with van der Waals surface area (Å²) in [6.45, 7) is 0.625. The van der Waals surface area contributed by atoms with Gasteiger partial charge < -0.3 is 10.2 Å². The first-order chi connectivity index (χ1) is 8.20. The second-order valence-corrected chi connectivity index (χ2v) is 4.06. The first-order valence-electron chi connectivity index (χ1n) is 5.43. The van der Waals surface area contributed by atoms with Gasteiger partial charge in [0, 0.05) is 26.1 Å². The number of nitrogens with one attached hydrogen (secondary N) is 1.